The summed E-state index contributed by atoms with van der Waals surface area (Å²) in [5, 5.41) is 3.00. The summed E-state index contributed by atoms with van der Waals surface area (Å²) in [6.07, 6.45) is 8.30. The molecule has 5 nitrogen and oxygen atoms in total. The molecule has 1 aliphatic rings. The third-order valence-electron chi connectivity index (χ3n) is 3.67. The highest BCUT2D eigenvalue weighted by molar-refractivity contribution is 5.94. The molecule has 0 aliphatic carbocycles. The summed E-state index contributed by atoms with van der Waals surface area (Å²) in [6, 6.07) is 3.68. The van der Waals surface area contributed by atoms with Crippen LogP contribution in [0.25, 0.3) is 0 Å². The minimum atomic E-state index is -0.0502. The average Bonchev–Trinajstić information content (AvgIpc) is 2.54. The van der Waals surface area contributed by atoms with E-state index in [4.69, 9.17) is 0 Å². The van der Waals surface area contributed by atoms with Gasteiger partial charge in [-0.2, -0.15) is 0 Å². The topological polar surface area (TPSA) is 62.3 Å². The second-order valence-corrected chi connectivity index (χ2v) is 5.92. The van der Waals surface area contributed by atoms with Crippen molar-refractivity contribution < 1.29 is 9.59 Å². The molecular formula is C17H23N3O2. The second kappa shape index (κ2) is 7.73. The number of nitrogens with one attached hydrogen (secondary N) is 1. The maximum atomic E-state index is 12.3. The lowest BCUT2D eigenvalue weighted by Gasteiger charge is -2.32. The van der Waals surface area contributed by atoms with Crippen LogP contribution in [0.1, 0.15) is 37.0 Å². The van der Waals surface area contributed by atoms with Gasteiger partial charge in [0.05, 0.1) is 5.56 Å². The Hall–Kier alpha value is -2.17. The molecule has 1 aromatic heterocycles. The summed E-state index contributed by atoms with van der Waals surface area (Å²) < 4.78 is 0. The molecule has 5 heteroatoms. The number of hydrogen-bond acceptors (Lipinski definition) is 3. The first-order valence-corrected chi connectivity index (χ1v) is 7.74. The molecule has 2 heterocycles. The fraction of sp³-hybridized carbons (Fsp3) is 0.471. The second-order valence-electron chi connectivity index (χ2n) is 5.92. The van der Waals surface area contributed by atoms with Gasteiger partial charge >= 0.3 is 0 Å². The molecule has 118 valence electrons. The smallest absolute Gasteiger partial charge is 0.255 e. The molecule has 1 saturated heterocycles. The lowest BCUT2D eigenvalue weighted by molar-refractivity contribution is -0.117. The van der Waals surface area contributed by atoms with Crippen LogP contribution in [0.4, 0.5) is 0 Å². The van der Waals surface area contributed by atoms with Gasteiger partial charge in [-0.1, -0.05) is 19.9 Å². The van der Waals surface area contributed by atoms with Crippen molar-refractivity contribution in [3.63, 3.8) is 0 Å². The number of pyridine rings is 1. The molecule has 1 N–H and O–H groups in total. The van der Waals surface area contributed by atoms with Gasteiger partial charge in [-0.3, -0.25) is 14.6 Å². The van der Waals surface area contributed by atoms with E-state index < -0.39 is 0 Å². The lowest BCUT2D eigenvalue weighted by Crippen LogP contribution is -2.46. The molecule has 0 aromatic carbocycles. The number of amides is 2. The molecule has 0 saturated carbocycles. The SMILES string of the molecule is CC(C)/C=C/C(=O)NC1CCN(C(=O)c2cccnc2)CC1. The van der Waals surface area contributed by atoms with Crippen molar-refractivity contribution in [2.45, 2.75) is 32.7 Å². The van der Waals surface area contributed by atoms with Crippen LogP contribution in [-0.2, 0) is 4.79 Å². The highest BCUT2D eigenvalue weighted by atomic mass is 16.2. The Kier molecular flexibility index (Phi) is 5.69. The summed E-state index contributed by atoms with van der Waals surface area (Å²) in [5.74, 6) is 0.327. The van der Waals surface area contributed by atoms with Gasteiger partial charge in [0.15, 0.2) is 0 Å². The Bertz CT molecular complexity index is 532. The van der Waals surface area contributed by atoms with Crippen molar-refractivity contribution >= 4 is 11.8 Å². The van der Waals surface area contributed by atoms with Gasteiger partial charge in [-0.05, 0) is 37.0 Å². The van der Waals surface area contributed by atoms with E-state index in [1.54, 1.807) is 30.6 Å². The Labute approximate surface area is 131 Å². The molecule has 0 unspecified atom stereocenters. The third-order valence-corrected chi connectivity index (χ3v) is 3.67. The third kappa shape index (κ3) is 4.69. The minimum Gasteiger partial charge on any atom is -0.350 e. The Balaban J connectivity index is 1.81. The number of aromatic nitrogens is 1. The number of carbonyl (C=O) groups is 2. The monoisotopic (exact) mass is 301 g/mol. The van der Waals surface area contributed by atoms with E-state index in [-0.39, 0.29) is 17.9 Å². The summed E-state index contributed by atoms with van der Waals surface area (Å²) in [7, 11) is 0. The predicted octanol–water partition coefficient (Wildman–Crippen LogP) is 2.01. The Morgan fingerprint density at radius 1 is 1.36 bits per heavy atom. The summed E-state index contributed by atoms with van der Waals surface area (Å²) >= 11 is 0. The van der Waals surface area contributed by atoms with Crippen molar-refractivity contribution in [3.05, 3.63) is 42.2 Å². The molecule has 1 aromatic rings. The van der Waals surface area contributed by atoms with E-state index in [1.807, 2.05) is 24.8 Å². The van der Waals surface area contributed by atoms with Gasteiger partial charge in [-0.15, -0.1) is 0 Å². The van der Waals surface area contributed by atoms with E-state index in [0.29, 0.717) is 24.6 Å². The van der Waals surface area contributed by atoms with Crippen molar-refractivity contribution in [1.82, 2.24) is 15.2 Å². The number of carbonyl (C=O) groups excluding carboxylic acids is 2. The van der Waals surface area contributed by atoms with Crippen LogP contribution in [0.2, 0.25) is 0 Å². The van der Waals surface area contributed by atoms with Crippen LogP contribution in [0.3, 0.4) is 0 Å². The molecule has 0 radical (unpaired) electrons. The molecule has 0 atom stereocenters. The first-order chi connectivity index (χ1) is 10.6. The van der Waals surface area contributed by atoms with Crippen molar-refractivity contribution in [3.8, 4) is 0 Å². The van der Waals surface area contributed by atoms with E-state index >= 15 is 0 Å². The fourth-order valence-corrected chi connectivity index (χ4v) is 2.43. The van der Waals surface area contributed by atoms with Gasteiger partial charge in [0, 0.05) is 31.5 Å². The van der Waals surface area contributed by atoms with Gasteiger partial charge in [-0.25, -0.2) is 0 Å². The quantitative estimate of drug-likeness (QED) is 0.865. The van der Waals surface area contributed by atoms with Crippen molar-refractivity contribution in [1.29, 1.82) is 0 Å². The zero-order valence-corrected chi connectivity index (χ0v) is 13.2. The first kappa shape index (κ1) is 16.2. The maximum Gasteiger partial charge on any atom is 0.255 e. The molecule has 1 fully saturated rings. The van der Waals surface area contributed by atoms with Gasteiger partial charge < -0.3 is 10.2 Å². The van der Waals surface area contributed by atoms with Crippen molar-refractivity contribution in [2.24, 2.45) is 5.92 Å². The normalized spacial score (nSPS) is 16.2. The van der Waals surface area contributed by atoms with Crippen LogP contribution in [0.15, 0.2) is 36.7 Å². The molecule has 22 heavy (non-hydrogen) atoms. The van der Waals surface area contributed by atoms with Crippen LogP contribution in [0.5, 0.6) is 0 Å². The molecule has 0 spiro atoms. The maximum absolute atomic E-state index is 12.3. The molecular weight excluding hydrogens is 278 g/mol. The number of nitrogens with zero attached hydrogens (tertiary/aromatic N) is 2. The minimum absolute atomic E-state index is 0.0116. The number of allylic oxidation sites excluding steroid dienone is 1. The standard InChI is InChI=1S/C17H23N3O2/c1-13(2)5-6-16(21)19-15-7-10-20(11-8-15)17(22)14-4-3-9-18-12-14/h3-6,9,12-13,15H,7-8,10-11H2,1-2H3,(H,19,21)/b6-5+. The largest absolute Gasteiger partial charge is 0.350 e. The Morgan fingerprint density at radius 2 is 2.09 bits per heavy atom. The van der Waals surface area contributed by atoms with Crippen LogP contribution in [-0.4, -0.2) is 40.8 Å². The van der Waals surface area contributed by atoms with E-state index in [2.05, 4.69) is 10.3 Å². The first-order valence-electron chi connectivity index (χ1n) is 7.74. The lowest BCUT2D eigenvalue weighted by atomic mass is 10.0. The highest BCUT2D eigenvalue weighted by Crippen LogP contribution is 2.13. The van der Waals surface area contributed by atoms with E-state index in [0.717, 1.165) is 12.8 Å². The number of piperidine rings is 1. The van der Waals surface area contributed by atoms with Gasteiger partial charge in [0.2, 0.25) is 5.91 Å². The molecule has 1 aliphatic heterocycles. The molecule has 2 amide bonds. The summed E-state index contributed by atoms with van der Waals surface area (Å²) in [4.78, 5) is 29.9. The summed E-state index contributed by atoms with van der Waals surface area (Å²) in [6.45, 7) is 5.39. The highest BCUT2D eigenvalue weighted by Gasteiger charge is 2.24. The van der Waals surface area contributed by atoms with E-state index in [1.165, 1.54) is 0 Å². The zero-order chi connectivity index (χ0) is 15.9. The molecule has 0 bridgehead atoms. The van der Waals surface area contributed by atoms with E-state index in [9.17, 15) is 9.59 Å². The van der Waals surface area contributed by atoms with Crippen LogP contribution < -0.4 is 5.32 Å². The van der Waals surface area contributed by atoms with Crippen LogP contribution in [0, 0.1) is 5.92 Å². The fourth-order valence-electron chi connectivity index (χ4n) is 2.43. The van der Waals surface area contributed by atoms with Crippen molar-refractivity contribution in [2.75, 3.05) is 13.1 Å². The Morgan fingerprint density at radius 3 is 2.68 bits per heavy atom. The predicted molar refractivity (Wildman–Crippen MR) is 85.3 cm³/mol. The van der Waals surface area contributed by atoms with Gasteiger partial charge in [0.1, 0.15) is 0 Å². The van der Waals surface area contributed by atoms with Gasteiger partial charge in [0.25, 0.3) is 5.91 Å². The molecule has 2 rings (SSSR count). The summed E-state index contributed by atoms with van der Waals surface area (Å²) in [5.41, 5.74) is 0.616. The number of hydrogen-bond donors (Lipinski definition) is 1. The number of rotatable bonds is 4. The zero-order valence-electron chi connectivity index (χ0n) is 13.2. The number of likely N-dealkylation sites (tertiary alicyclic amines) is 1. The average molecular weight is 301 g/mol. The van der Waals surface area contributed by atoms with Crippen LogP contribution >= 0.6 is 0 Å².